The molecular formula is C33H35N5O6. The molecule has 0 aliphatic carbocycles. The topological polar surface area (TPSA) is 147 Å². The molecule has 44 heavy (non-hydrogen) atoms. The molecule has 4 aromatic rings. The summed E-state index contributed by atoms with van der Waals surface area (Å²) < 4.78 is 7.56. The summed E-state index contributed by atoms with van der Waals surface area (Å²) in [6.45, 7) is 7.16. The molecule has 228 valence electrons. The number of nitrogens with one attached hydrogen (secondary N) is 1. The molecule has 1 aromatic heterocycles. The van der Waals surface area contributed by atoms with Gasteiger partial charge in [0.15, 0.2) is 5.82 Å². The first-order chi connectivity index (χ1) is 21.2. The van der Waals surface area contributed by atoms with Crippen molar-refractivity contribution in [2.75, 3.05) is 19.6 Å². The minimum absolute atomic E-state index is 0.0237. The highest BCUT2D eigenvalue weighted by Crippen LogP contribution is 2.38. The largest absolute Gasteiger partial charge is 0.508 e. The predicted molar refractivity (Wildman–Crippen MR) is 163 cm³/mol. The molecule has 11 nitrogen and oxygen atoms in total. The van der Waals surface area contributed by atoms with Crippen LogP contribution < -0.4 is 10.1 Å². The zero-order valence-electron chi connectivity index (χ0n) is 24.9. The summed E-state index contributed by atoms with van der Waals surface area (Å²) in [7, 11) is 0. The maximum absolute atomic E-state index is 12.9. The van der Waals surface area contributed by atoms with E-state index in [1.807, 2.05) is 13.8 Å². The van der Waals surface area contributed by atoms with Crippen LogP contribution in [0.15, 0.2) is 60.7 Å². The number of piperidine rings is 1. The molecule has 3 aromatic carbocycles. The Morgan fingerprint density at radius 2 is 1.61 bits per heavy atom. The zero-order chi connectivity index (χ0) is 31.4. The first kappa shape index (κ1) is 30.3. The molecule has 5 rings (SSSR count). The van der Waals surface area contributed by atoms with Gasteiger partial charge in [-0.1, -0.05) is 13.8 Å². The molecule has 0 bridgehead atoms. The molecule has 1 saturated heterocycles. The van der Waals surface area contributed by atoms with Crippen LogP contribution in [0.2, 0.25) is 0 Å². The summed E-state index contributed by atoms with van der Waals surface area (Å²) in [5.41, 5.74) is 2.04. The molecule has 0 spiro atoms. The second-order valence-corrected chi connectivity index (χ2v) is 11.0. The van der Waals surface area contributed by atoms with E-state index in [2.05, 4.69) is 15.5 Å². The summed E-state index contributed by atoms with van der Waals surface area (Å²) in [6, 6.07) is 16.7. The van der Waals surface area contributed by atoms with Gasteiger partial charge in [0.1, 0.15) is 29.3 Å². The summed E-state index contributed by atoms with van der Waals surface area (Å²) in [4.78, 5) is 38.6. The monoisotopic (exact) mass is 597 g/mol. The molecule has 1 aliphatic rings. The maximum Gasteiger partial charge on any atom is 0.289 e. The van der Waals surface area contributed by atoms with Crippen molar-refractivity contribution in [3.05, 3.63) is 77.6 Å². The van der Waals surface area contributed by atoms with E-state index in [-0.39, 0.29) is 40.9 Å². The first-order valence-corrected chi connectivity index (χ1v) is 14.6. The maximum atomic E-state index is 12.9. The van der Waals surface area contributed by atoms with Crippen LogP contribution in [0.5, 0.6) is 23.0 Å². The van der Waals surface area contributed by atoms with Crippen molar-refractivity contribution < 1.29 is 29.3 Å². The highest BCUT2D eigenvalue weighted by atomic mass is 16.5. The molecule has 0 radical (unpaired) electrons. The number of aromatic hydroxyl groups is 2. The van der Waals surface area contributed by atoms with E-state index in [9.17, 15) is 24.6 Å². The fraction of sp³-hybridized carbons (Fsp3) is 0.303. The SMILES string of the molecule is CCNC(=O)c1nnc(-c2cc(C(C)C)c(O)cc2O)n1-c1ccc(Oc2ccc(C(=O)N3CCC(C=O)CC3)cc2)cc1. The number of ether oxygens (including phenoxy) is 1. The molecule has 2 heterocycles. The summed E-state index contributed by atoms with van der Waals surface area (Å²) in [5.74, 6) is 0.581. The summed E-state index contributed by atoms with van der Waals surface area (Å²) >= 11 is 0. The average Bonchev–Trinajstić information content (AvgIpc) is 3.46. The molecule has 11 heteroatoms. The van der Waals surface area contributed by atoms with Crippen molar-refractivity contribution in [1.29, 1.82) is 0 Å². The van der Waals surface area contributed by atoms with E-state index in [1.54, 1.807) is 71.0 Å². The fourth-order valence-electron chi connectivity index (χ4n) is 5.21. The Morgan fingerprint density at radius 3 is 2.20 bits per heavy atom. The Balaban J connectivity index is 1.39. The number of benzene rings is 3. The third-order valence-electron chi connectivity index (χ3n) is 7.66. The molecular weight excluding hydrogens is 562 g/mol. The smallest absolute Gasteiger partial charge is 0.289 e. The van der Waals surface area contributed by atoms with Gasteiger partial charge in [-0.15, -0.1) is 10.2 Å². The second-order valence-electron chi connectivity index (χ2n) is 11.0. The lowest BCUT2D eigenvalue weighted by Gasteiger charge is -2.29. The number of hydrogen-bond acceptors (Lipinski definition) is 8. The van der Waals surface area contributed by atoms with E-state index in [0.29, 0.717) is 66.4 Å². The minimum atomic E-state index is -0.434. The van der Waals surface area contributed by atoms with E-state index >= 15 is 0 Å². The Bertz CT molecular complexity index is 1660. The van der Waals surface area contributed by atoms with Crippen LogP contribution >= 0.6 is 0 Å². The molecule has 1 aliphatic heterocycles. The first-order valence-electron chi connectivity index (χ1n) is 14.6. The van der Waals surface area contributed by atoms with Gasteiger partial charge in [0.05, 0.1) is 5.56 Å². The summed E-state index contributed by atoms with van der Waals surface area (Å²) in [5, 5.41) is 32.2. The fourth-order valence-corrected chi connectivity index (χ4v) is 5.21. The van der Waals surface area contributed by atoms with Crippen LogP contribution in [-0.4, -0.2) is 67.6 Å². The van der Waals surface area contributed by atoms with Gasteiger partial charge in [-0.25, -0.2) is 0 Å². The van der Waals surface area contributed by atoms with Crippen LogP contribution in [0.3, 0.4) is 0 Å². The lowest BCUT2D eigenvalue weighted by Crippen LogP contribution is -2.38. The van der Waals surface area contributed by atoms with Crippen molar-refractivity contribution in [2.45, 2.75) is 39.5 Å². The number of phenols is 2. The third-order valence-corrected chi connectivity index (χ3v) is 7.66. The van der Waals surface area contributed by atoms with Gasteiger partial charge < -0.3 is 30.0 Å². The number of carbonyl (C=O) groups excluding carboxylic acids is 3. The molecule has 1 fully saturated rings. The number of likely N-dealkylation sites (tertiary alicyclic amines) is 1. The Kier molecular flexibility index (Phi) is 8.94. The molecule has 0 atom stereocenters. The van der Waals surface area contributed by atoms with Crippen LogP contribution in [0.4, 0.5) is 0 Å². The zero-order valence-corrected chi connectivity index (χ0v) is 24.9. The molecule has 3 N–H and O–H groups in total. The normalized spacial score (nSPS) is 13.6. The minimum Gasteiger partial charge on any atom is -0.508 e. The third kappa shape index (κ3) is 6.26. The summed E-state index contributed by atoms with van der Waals surface area (Å²) in [6.07, 6.45) is 2.34. The predicted octanol–water partition coefficient (Wildman–Crippen LogP) is 5.06. The van der Waals surface area contributed by atoms with Gasteiger partial charge >= 0.3 is 0 Å². The number of amides is 2. The molecule has 2 amide bonds. The van der Waals surface area contributed by atoms with E-state index < -0.39 is 5.91 Å². The van der Waals surface area contributed by atoms with Crippen LogP contribution in [0.1, 0.15) is 66.1 Å². The van der Waals surface area contributed by atoms with Gasteiger partial charge in [0.2, 0.25) is 5.82 Å². The number of carbonyl (C=O) groups is 3. The quantitative estimate of drug-likeness (QED) is 0.227. The van der Waals surface area contributed by atoms with Crippen LogP contribution in [0.25, 0.3) is 17.1 Å². The highest BCUT2D eigenvalue weighted by molar-refractivity contribution is 5.94. The molecule has 0 saturated carbocycles. The van der Waals surface area contributed by atoms with Gasteiger partial charge in [-0.05, 0) is 85.8 Å². The molecule has 0 unspecified atom stereocenters. The van der Waals surface area contributed by atoms with E-state index in [1.165, 1.54) is 6.07 Å². The van der Waals surface area contributed by atoms with Crippen molar-refractivity contribution in [1.82, 2.24) is 25.0 Å². The second kappa shape index (κ2) is 13.0. The van der Waals surface area contributed by atoms with Gasteiger partial charge in [0.25, 0.3) is 11.8 Å². The number of rotatable bonds is 9. The van der Waals surface area contributed by atoms with Crippen molar-refractivity contribution in [3.63, 3.8) is 0 Å². The van der Waals surface area contributed by atoms with Gasteiger partial charge in [-0.3, -0.25) is 14.2 Å². The van der Waals surface area contributed by atoms with Gasteiger partial charge in [0, 0.05) is 42.9 Å². The average molecular weight is 598 g/mol. The number of aldehydes is 1. The van der Waals surface area contributed by atoms with Crippen LogP contribution in [0, 0.1) is 5.92 Å². The number of hydrogen-bond donors (Lipinski definition) is 3. The number of aromatic nitrogens is 3. The van der Waals surface area contributed by atoms with Crippen molar-refractivity contribution >= 4 is 18.1 Å². The van der Waals surface area contributed by atoms with E-state index in [4.69, 9.17) is 4.74 Å². The lowest BCUT2D eigenvalue weighted by atomic mass is 9.98. The number of phenolic OH excluding ortho intramolecular Hbond substituents is 2. The Labute approximate surface area is 255 Å². The Morgan fingerprint density at radius 1 is 0.977 bits per heavy atom. The van der Waals surface area contributed by atoms with Crippen molar-refractivity contribution in [2.24, 2.45) is 5.92 Å². The van der Waals surface area contributed by atoms with Gasteiger partial charge in [-0.2, -0.15) is 0 Å². The number of nitrogens with zero attached hydrogens (tertiary/aromatic N) is 4. The standard InChI is InChI=1S/C33H35N5O6/c1-4-34-32(42)31-36-35-30(27-17-26(20(2)3)28(40)18-29(27)41)38(31)23-7-11-25(12-8-23)44-24-9-5-22(6-10-24)33(43)37-15-13-21(19-39)14-16-37/h5-12,17-21,40-41H,4,13-16H2,1-3H3,(H,34,42). The lowest BCUT2D eigenvalue weighted by molar-refractivity contribution is -0.112. The highest BCUT2D eigenvalue weighted by Gasteiger charge is 2.25. The van der Waals surface area contributed by atoms with Crippen molar-refractivity contribution in [3.8, 4) is 40.1 Å². The van der Waals surface area contributed by atoms with Crippen LogP contribution in [-0.2, 0) is 4.79 Å². The Hall–Kier alpha value is -5.19. The van der Waals surface area contributed by atoms with E-state index in [0.717, 1.165) is 6.29 Å².